The van der Waals surface area contributed by atoms with Crippen molar-refractivity contribution >= 4 is 22.5 Å². The van der Waals surface area contributed by atoms with Gasteiger partial charge in [-0.2, -0.15) is 19.4 Å². The molecule has 0 radical (unpaired) electrons. The number of hydrogen-bond acceptors (Lipinski definition) is 7. The lowest BCUT2D eigenvalue weighted by molar-refractivity contribution is 0.398. The number of aromatic nitrogens is 5. The third-order valence-electron chi connectivity index (χ3n) is 2.81. The zero-order valence-corrected chi connectivity index (χ0v) is 12.5. The van der Waals surface area contributed by atoms with E-state index in [1.54, 1.807) is 19.4 Å². The summed E-state index contributed by atoms with van der Waals surface area (Å²) < 4.78 is 11.3. The Hall–Kier alpha value is -2.48. The number of pyridine rings is 1. The minimum Gasteiger partial charge on any atom is -0.481 e. The first-order chi connectivity index (χ1) is 10.3. The first-order valence-electron chi connectivity index (χ1n) is 6.43. The topological polar surface area (TPSA) is 77.8 Å². The Morgan fingerprint density at radius 3 is 3.00 bits per heavy atom. The molecule has 0 spiro atoms. The molecule has 1 N–H and O–H groups in total. The van der Waals surface area contributed by atoms with Crippen LogP contribution in [-0.2, 0) is 6.54 Å². The fraction of sp³-hybridized carbons (Fsp3) is 0.231. The molecule has 0 amide bonds. The zero-order valence-electron chi connectivity index (χ0n) is 11.6. The third-order valence-corrected chi connectivity index (χ3v) is 3.44. The Balaban J connectivity index is 1.78. The van der Waals surface area contributed by atoms with Gasteiger partial charge in [-0.05, 0) is 13.0 Å². The molecule has 0 saturated carbocycles. The van der Waals surface area contributed by atoms with Gasteiger partial charge in [0.2, 0.25) is 11.0 Å². The summed E-state index contributed by atoms with van der Waals surface area (Å²) in [5.74, 6) is 1.88. The number of anilines is 2. The molecule has 108 valence electrons. The van der Waals surface area contributed by atoms with Gasteiger partial charge in [0.25, 0.3) is 0 Å². The van der Waals surface area contributed by atoms with Crippen LogP contribution < -0.4 is 10.1 Å². The highest BCUT2D eigenvalue weighted by Crippen LogP contribution is 2.23. The summed E-state index contributed by atoms with van der Waals surface area (Å²) in [4.78, 5) is 8.72. The van der Waals surface area contributed by atoms with Crippen molar-refractivity contribution in [1.82, 2.24) is 24.1 Å². The molecule has 8 heteroatoms. The van der Waals surface area contributed by atoms with Crippen LogP contribution in [0.3, 0.4) is 0 Å². The van der Waals surface area contributed by atoms with Crippen LogP contribution in [0.5, 0.6) is 5.88 Å². The molecule has 7 nitrogen and oxygen atoms in total. The molecule has 21 heavy (non-hydrogen) atoms. The zero-order chi connectivity index (χ0) is 14.7. The highest BCUT2D eigenvalue weighted by atomic mass is 32.1. The molecule has 0 fully saturated rings. The number of methoxy groups -OCH3 is 1. The van der Waals surface area contributed by atoms with E-state index in [-0.39, 0.29) is 0 Å². The summed E-state index contributed by atoms with van der Waals surface area (Å²) in [6.07, 6.45) is 3.69. The molecular formula is C13H14N6OS. The summed E-state index contributed by atoms with van der Waals surface area (Å²) in [5.41, 5.74) is 0.903. The second kappa shape index (κ2) is 5.88. The van der Waals surface area contributed by atoms with E-state index in [2.05, 4.69) is 24.8 Å². The maximum atomic E-state index is 5.09. The standard InChI is InChI=1S/C13H14N6OS/c1-3-19-8-9(7-14-19)12-17-13(21-18-12)16-10-5-4-6-11(15-10)20-2/h4-8H,3H2,1-2H3,(H,15,16,17,18). The van der Waals surface area contributed by atoms with Gasteiger partial charge in [0, 0.05) is 30.3 Å². The van der Waals surface area contributed by atoms with Gasteiger partial charge in [0.1, 0.15) is 5.82 Å². The molecule has 0 aliphatic heterocycles. The molecule has 0 bridgehead atoms. The lowest BCUT2D eigenvalue weighted by Crippen LogP contribution is -1.95. The Kier molecular flexibility index (Phi) is 3.78. The van der Waals surface area contributed by atoms with E-state index in [1.165, 1.54) is 11.5 Å². The smallest absolute Gasteiger partial charge is 0.214 e. The molecule has 0 aliphatic carbocycles. The molecule has 0 atom stereocenters. The van der Waals surface area contributed by atoms with E-state index in [1.807, 2.05) is 29.9 Å². The normalized spacial score (nSPS) is 10.6. The highest BCUT2D eigenvalue weighted by Gasteiger charge is 2.09. The van der Waals surface area contributed by atoms with Crippen molar-refractivity contribution in [2.75, 3.05) is 12.4 Å². The van der Waals surface area contributed by atoms with Crippen LogP contribution in [0.2, 0.25) is 0 Å². The number of ether oxygens (including phenoxy) is 1. The van der Waals surface area contributed by atoms with Gasteiger partial charge in [-0.3, -0.25) is 4.68 Å². The molecule has 0 unspecified atom stereocenters. The number of nitrogens with one attached hydrogen (secondary N) is 1. The Bertz CT molecular complexity index is 738. The van der Waals surface area contributed by atoms with Crippen molar-refractivity contribution in [1.29, 1.82) is 0 Å². The minimum atomic E-state index is 0.550. The maximum absolute atomic E-state index is 5.09. The minimum absolute atomic E-state index is 0.550. The molecule has 0 saturated heterocycles. The number of aryl methyl sites for hydroxylation is 1. The van der Waals surface area contributed by atoms with Crippen molar-refractivity contribution in [2.45, 2.75) is 13.5 Å². The first-order valence-corrected chi connectivity index (χ1v) is 7.20. The quantitative estimate of drug-likeness (QED) is 0.780. The SMILES string of the molecule is CCn1cc(-c2nsc(Nc3cccc(OC)n3)n2)cn1. The largest absolute Gasteiger partial charge is 0.481 e. The van der Waals surface area contributed by atoms with E-state index >= 15 is 0 Å². The van der Waals surface area contributed by atoms with Crippen molar-refractivity contribution < 1.29 is 4.74 Å². The first kappa shape index (κ1) is 13.5. The summed E-state index contributed by atoms with van der Waals surface area (Å²) >= 11 is 1.28. The second-order valence-electron chi connectivity index (χ2n) is 4.20. The Morgan fingerprint density at radius 2 is 2.24 bits per heavy atom. The van der Waals surface area contributed by atoms with Crippen LogP contribution in [0.15, 0.2) is 30.6 Å². The van der Waals surface area contributed by atoms with Crippen LogP contribution in [-0.4, -0.2) is 31.2 Å². The van der Waals surface area contributed by atoms with Gasteiger partial charge in [0.05, 0.1) is 18.9 Å². The van der Waals surface area contributed by atoms with E-state index in [4.69, 9.17) is 4.74 Å². The molecule has 3 aromatic rings. The van der Waals surface area contributed by atoms with Gasteiger partial charge < -0.3 is 10.1 Å². The van der Waals surface area contributed by atoms with Crippen LogP contribution in [0.1, 0.15) is 6.92 Å². The molecular weight excluding hydrogens is 288 g/mol. The third kappa shape index (κ3) is 3.00. The Morgan fingerprint density at radius 1 is 1.33 bits per heavy atom. The fourth-order valence-electron chi connectivity index (χ4n) is 1.75. The van der Waals surface area contributed by atoms with Gasteiger partial charge in [0.15, 0.2) is 5.82 Å². The number of rotatable bonds is 5. The van der Waals surface area contributed by atoms with Crippen molar-refractivity contribution in [2.24, 2.45) is 0 Å². The van der Waals surface area contributed by atoms with Gasteiger partial charge in [-0.15, -0.1) is 0 Å². The Labute approximate surface area is 125 Å². The maximum Gasteiger partial charge on any atom is 0.214 e. The summed E-state index contributed by atoms with van der Waals surface area (Å²) in [7, 11) is 1.58. The van der Waals surface area contributed by atoms with Crippen LogP contribution in [0.4, 0.5) is 10.9 Å². The van der Waals surface area contributed by atoms with Gasteiger partial charge >= 0.3 is 0 Å². The van der Waals surface area contributed by atoms with Gasteiger partial charge in [-0.1, -0.05) is 6.07 Å². The van der Waals surface area contributed by atoms with E-state index in [0.717, 1.165) is 12.1 Å². The predicted molar refractivity (Wildman–Crippen MR) is 80.9 cm³/mol. The summed E-state index contributed by atoms with van der Waals surface area (Å²) in [5, 5.41) is 8.01. The molecule has 0 aliphatic rings. The predicted octanol–water partition coefficient (Wildman–Crippen LogP) is 2.57. The average Bonchev–Trinajstić information content (AvgIpc) is 3.16. The molecule has 3 aromatic heterocycles. The van der Waals surface area contributed by atoms with Crippen molar-refractivity contribution in [3.63, 3.8) is 0 Å². The summed E-state index contributed by atoms with van der Waals surface area (Å²) in [6, 6.07) is 5.50. The lowest BCUT2D eigenvalue weighted by atomic mass is 10.3. The summed E-state index contributed by atoms with van der Waals surface area (Å²) in [6.45, 7) is 2.86. The van der Waals surface area contributed by atoms with Crippen LogP contribution in [0, 0.1) is 0 Å². The van der Waals surface area contributed by atoms with E-state index in [0.29, 0.717) is 22.7 Å². The fourth-order valence-corrected chi connectivity index (χ4v) is 2.35. The molecule has 3 rings (SSSR count). The van der Waals surface area contributed by atoms with E-state index < -0.39 is 0 Å². The number of hydrogen-bond donors (Lipinski definition) is 1. The van der Waals surface area contributed by atoms with Crippen LogP contribution in [0.25, 0.3) is 11.4 Å². The average molecular weight is 302 g/mol. The number of nitrogens with zero attached hydrogens (tertiary/aromatic N) is 5. The van der Waals surface area contributed by atoms with Crippen LogP contribution >= 0.6 is 11.5 Å². The van der Waals surface area contributed by atoms with Gasteiger partial charge in [-0.25, -0.2) is 0 Å². The second-order valence-corrected chi connectivity index (χ2v) is 4.95. The van der Waals surface area contributed by atoms with E-state index in [9.17, 15) is 0 Å². The van der Waals surface area contributed by atoms with Crippen molar-refractivity contribution in [3.8, 4) is 17.3 Å². The molecule has 0 aromatic carbocycles. The molecule has 3 heterocycles. The van der Waals surface area contributed by atoms with Crippen molar-refractivity contribution in [3.05, 3.63) is 30.6 Å². The monoisotopic (exact) mass is 302 g/mol. The highest BCUT2D eigenvalue weighted by molar-refractivity contribution is 7.09. The lowest BCUT2D eigenvalue weighted by Gasteiger charge is -2.02.